The fourth-order valence-electron chi connectivity index (χ4n) is 11.4. The Labute approximate surface area is 196 Å². The van der Waals surface area contributed by atoms with Gasteiger partial charge in [-0.2, -0.15) is 0 Å². The lowest BCUT2D eigenvalue weighted by Gasteiger charge is -2.68. The van der Waals surface area contributed by atoms with E-state index in [-0.39, 0.29) is 0 Å². The Morgan fingerprint density at radius 3 is 1.97 bits per heavy atom. The Balaban J connectivity index is 1.36. The van der Waals surface area contributed by atoms with E-state index in [1.807, 2.05) is 0 Å². The highest BCUT2D eigenvalue weighted by molar-refractivity contribution is 5.20. The van der Waals surface area contributed by atoms with Gasteiger partial charge in [0.2, 0.25) is 0 Å². The molecule has 0 aromatic heterocycles. The van der Waals surface area contributed by atoms with E-state index in [4.69, 9.17) is 0 Å². The van der Waals surface area contributed by atoms with Crippen molar-refractivity contribution in [2.24, 2.45) is 40.9 Å². The molecule has 0 bridgehead atoms. The topological polar surface area (TPSA) is 39.3 Å². The monoisotopic (exact) mass is 440 g/mol. The molecule has 4 saturated heterocycles. The largest absolute Gasteiger partial charge is 0.316 e. The second kappa shape index (κ2) is 8.50. The van der Waals surface area contributed by atoms with Crippen molar-refractivity contribution >= 4 is 0 Å². The zero-order chi connectivity index (χ0) is 21.1. The van der Waals surface area contributed by atoms with Gasteiger partial charge in [0.1, 0.15) is 0 Å². The molecule has 0 aromatic rings. The summed E-state index contributed by atoms with van der Waals surface area (Å²) in [4.78, 5) is 3.19. The van der Waals surface area contributed by atoms with Crippen LogP contribution in [0.2, 0.25) is 0 Å². The summed E-state index contributed by atoms with van der Waals surface area (Å²) in [5.74, 6) is 5.75. The van der Waals surface area contributed by atoms with E-state index in [2.05, 4.69) is 20.9 Å². The third-order valence-electron chi connectivity index (χ3n) is 12.0. The van der Waals surface area contributed by atoms with Crippen LogP contribution in [0.25, 0.3) is 0 Å². The van der Waals surface area contributed by atoms with Crippen LogP contribution in [0.3, 0.4) is 0 Å². The third kappa shape index (κ3) is 2.94. The normalized spacial score (nSPS) is 52.1. The second-order valence-corrected chi connectivity index (χ2v) is 12.9. The molecule has 32 heavy (non-hydrogen) atoms. The second-order valence-electron chi connectivity index (χ2n) is 12.9. The van der Waals surface area contributed by atoms with Crippen molar-refractivity contribution in [2.75, 3.05) is 32.7 Å². The number of fused-ring (bicyclic) bond motifs is 9. The van der Waals surface area contributed by atoms with Gasteiger partial charge in [-0.15, -0.1) is 0 Å². The lowest BCUT2D eigenvalue weighted by molar-refractivity contribution is -0.197. The highest BCUT2D eigenvalue weighted by Crippen LogP contribution is 2.70. The van der Waals surface area contributed by atoms with E-state index in [9.17, 15) is 0 Å². The maximum absolute atomic E-state index is 4.23. The van der Waals surface area contributed by atoms with Gasteiger partial charge >= 0.3 is 0 Å². The number of nitrogens with one attached hydrogen (secondary N) is 3. The molecule has 3 aliphatic carbocycles. The molecule has 8 atom stereocenters. The molecule has 7 aliphatic rings. The molecule has 1 spiro atoms. The van der Waals surface area contributed by atoms with Gasteiger partial charge in [0.15, 0.2) is 0 Å². The predicted molar refractivity (Wildman–Crippen MR) is 130 cm³/mol. The molecule has 4 heterocycles. The highest BCUT2D eigenvalue weighted by Gasteiger charge is 2.71. The molecular formula is C28H48N4. The molecule has 8 unspecified atom stereocenters. The minimum atomic E-state index is 0.588. The van der Waals surface area contributed by atoms with Crippen molar-refractivity contribution in [3.63, 3.8) is 0 Å². The number of likely N-dealkylation sites (tertiary alicyclic amines) is 1. The first-order chi connectivity index (χ1) is 15.9. The van der Waals surface area contributed by atoms with Crippen LogP contribution < -0.4 is 16.0 Å². The summed E-state index contributed by atoms with van der Waals surface area (Å²) in [6.45, 7) is 6.47. The lowest BCUT2D eigenvalue weighted by Crippen LogP contribution is -2.74. The number of piperidine rings is 4. The SMILES string of the molecule is C1CCC(N2C3CCCCC3C3(C4CNCCC4C4CCNCC43)C3CCCNC32)CC1. The van der Waals surface area contributed by atoms with Crippen LogP contribution in [0.1, 0.15) is 83.5 Å². The third-order valence-corrected chi connectivity index (χ3v) is 12.0. The summed E-state index contributed by atoms with van der Waals surface area (Å²) < 4.78 is 0. The summed E-state index contributed by atoms with van der Waals surface area (Å²) >= 11 is 0. The lowest BCUT2D eigenvalue weighted by atomic mass is 9.47. The van der Waals surface area contributed by atoms with Gasteiger partial charge in [-0.3, -0.25) is 4.90 Å². The van der Waals surface area contributed by atoms with Gasteiger partial charge in [0, 0.05) is 12.1 Å². The van der Waals surface area contributed by atoms with Gasteiger partial charge in [-0.1, -0.05) is 32.1 Å². The van der Waals surface area contributed by atoms with E-state index in [1.54, 1.807) is 0 Å². The van der Waals surface area contributed by atoms with Crippen molar-refractivity contribution in [2.45, 2.75) is 102 Å². The first-order valence-electron chi connectivity index (χ1n) is 14.8. The molecule has 180 valence electrons. The predicted octanol–water partition coefficient (Wildman–Crippen LogP) is 3.97. The number of hydrogen-bond acceptors (Lipinski definition) is 4. The highest BCUT2D eigenvalue weighted by atomic mass is 15.3. The van der Waals surface area contributed by atoms with Crippen molar-refractivity contribution in [1.29, 1.82) is 0 Å². The Hall–Kier alpha value is -0.160. The van der Waals surface area contributed by atoms with Crippen LogP contribution >= 0.6 is 0 Å². The Morgan fingerprint density at radius 1 is 0.562 bits per heavy atom. The van der Waals surface area contributed by atoms with Crippen LogP contribution in [0, 0.1) is 40.9 Å². The quantitative estimate of drug-likeness (QED) is 0.577. The Morgan fingerprint density at radius 2 is 1.22 bits per heavy atom. The van der Waals surface area contributed by atoms with E-state index in [1.165, 1.54) is 116 Å². The molecule has 3 saturated carbocycles. The Kier molecular flexibility index (Phi) is 5.62. The first-order valence-corrected chi connectivity index (χ1v) is 14.8. The van der Waals surface area contributed by atoms with Gasteiger partial charge in [-0.05, 0) is 125 Å². The van der Waals surface area contributed by atoms with Gasteiger partial charge in [0.05, 0.1) is 6.17 Å². The molecule has 4 nitrogen and oxygen atoms in total. The van der Waals surface area contributed by atoms with Crippen LogP contribution in [0.15, 0.2) is 0 Å². The molecule has 7 fully saturated rings. The van der Waals surface area contributed by atoms with Gasteiger partial charge < -0.3 is 16.0 Å². The molecule has 4 aliphatic heterocycles. The summed E-state index contributed by atoms with van der Waals surface area (Å²) in [5.41, 5.74) is 0.588. The molecule has 0 aromatic carbocycles. The van der Waals surface area contributed by atoms with Crippen LogP contribution in [0.4, 0.5) is 0 Å². The number of rotatable bonds is 1. The summed E-state index contributed by atoms with van der Waals surface area (Å²) in [7, 11) is 0. The maximum atomic E-state index is 4.23. The van der Waals surface area contributed by atoms with Crippen molar-refractivity contribution in [3.8, 4) is 0 Å². The fraction of sp³-hybridized carbons (Fsp3) is 1.00. The zero-order valence-electron chi connectivity index (χ0n) is 20.4. The van der Waals surface area contributed by atoms with Crippen LogP contribution in [-0.2, 0) is 0 Å². The molecule has 0 radical (unpaired) electrons. The summed E-state index contributed by atoms with van der Waals surface area (Å²) in [5, 5.41) is 12.1. The standard InChI is InChI=1S/C28H48N4/c1-2-7-19(8-3-1)32-26-11-5-4-9-22(26)28(23-10-6-14-31-27(23)32)24-17-29-15-12-20(24)21-13-16-30-18-25(21)28/h19-27,29-31H,1-18H2. The molecule has 7 rings (SSSR count). The summed E-state index contributed by atoms with van der Waals surface area (Å²) in [6, 6.07) is 1.73. The van der Waals surface area contributed by atoms with E-state index in [0.29, 0.717) is 11.6 Å². The summed E-state index contributed by atoms with van der Waals surface area (Å²) in [6.07, 6.45) is 19.9. The first kappa shape index (κ1) is 21.1. The van der Waals surface area contributed by atoms with Crippen LogP contribution in [0.5, 0.6) is 0 Å². The number of hydrogen-bond donors (Lipinski definition) is 3. The van der Waals surface area contributed by atoms with Gasteiger partial charge in [0.25, 0.3) is 0 Å². The van der Waals surface area contributed by atoms with E-state index in [0.717, 1.165) is 47.6 Å². The average molecular weight is 441 g/mol. The Bertz CT molecular complexity index is 626. The smallest absolute Gasteiger partial charge is 0.0636 e. The van der Waals surface area contributed by atoms with Crippen molar-refractivity contribution in [1.82, 2.24) is 20.9 Å². The number of nitrogens with zero attached hydrogens (tertiary/aromatic N) is 1. The molecule has 0 amide bonds. The van der Waals surface area contributed by atoms with Crippen molar-refractivity contribution in [3.05, 3.63) is 0 Å². The van der Waals surface area contributed by atoms with E-state index >= 15 is 0 Å². The zero-order valence-corrected chi connectivity index (χ0v) is 20.4. The average Bonchev–Trinajstić information content (AvgIpc) is 3.16. The maximum Gasteiger partial charge on any atom is 0.0636 e. The van der Waals surface area contributed by atoms with Crippen LogP contribution in [-0.4, -0.2) is 55.9 Å². The van der Waals surface area contributed by atoms with Crippen molar-refractivity contribution < 1.29 is 0 Å². The van der Waals surface area contributed by atoms with Gasteiger partial charge in [-0.25, -0.2) is 0 Å². The molecule has 4 heteroatoms. The fourth-order valence-corrected chi connectivity index (χ4v) is 11.4. The minimum absolute atomic E-state index is 0.588. The molecular weight excluding hydrogens is 392 g/mol. The van der Waals surface area contributed by atoms with E-state index < -0.39 is 0 Å². The molecule has 3 N–H and O–H groups in total. The minimum Gasteiger partial charge on any atom is -0.316 e.